The number of aryl methyl sites for hydroxylation is 1. The number of phenols is 2. The Balaban J connectivity index is 2.14. The van der Waals surface area contributed by atoms with Crippen LogP contribution in [0.1, 0.15) is 21.5 Å². The normalized spacial score (nSPS) is 10.7. The van der Waals surface area contributed by atoms with E-state index in [-0.39, 0.29) is 22.8 Å². The average Bonchev–Trinajstić information content (AvgIpc) is 2.53. The third-order valence-electron chi connectivity index (χ3n) is 3.13. The van der Waals surface area contributed by atoms with Crippen LogP contribution in [0, 0.1) is 6.92 Å². The summed E-state index contributed by atoms with van der Waals surface area (Å²) < 4.78 is 5.48. The average molecular weight is 379 g/mol. The van der Waals surface area contributed by atoms with E-state index in [4.69, 9.17) is 4.74 Å². The molecule has 0 radical (unpaired) electrons. The number of carbonyl (C=O) groups is 1. The van der Waals surface area contributed by atoms with E-state index < -0.39 is 5.91 Å². The summed E-state index contributed by atoms with van der Waals surface area (Å²) in [6.45, 7) is 1.70. The van der Waals surface area contributed by atoms with Crippen LogP contribution in [0.4, 0.5) is 0 Å². The Morgan fingerprint density at radius 3 is 2.74 bits per heavy atom. The molecule has 6 nitrogen and oxygen atoms in total. The first-order valence-electron chi connectivity index (χ1n) is 6.62. The van der Waals surface area contributed by atoms with Gasteiger partial charge in [-0.3, -0.25) is 4.79 Å². The van der Waals surface area contributed by atoms with Crippen molar-refractivity contribution in [3.8, 4) is 17.2 Å². The zero-order chi connectivity index (χ0) is 17.0. The van der Waals surface area contributed by atoms with Crippen molar-refractivity contribution >= 4 is 28.1 Å². The molecule has 0 aliphatic heterocycles. The predicted molar refractivity (Wildman–Crippen MR) is 90.3 cm³/mol. The molecule has 0 saturated carbocycles. The minimum Gasteiger partial charge on any atom is -0.507 e. The molecule has 0 aliphatic rings. The molecule has 0 spiro atoms. The maximum absolute atomic E-state index is 12.0. The highest BCUT2D eigenvalue weighted by molar-refractivity contribution is 9.10. The Labute approximate surface area is 141 Å². The number of nitrogens with zero attached hydrogens (tertiary/aromatic N) is 1. The molecule has 0 bridgehead atoms. The first kappa shape index (κ1) is 16.8. The van der Waals surface area contributed by atoms with Crippen LogP contribution in [0.2, 0.25) is 0 Å². The van der Waals surface area contributed by atoms with Crippen LogP contribution in [-0.2, 0) is 0 Å². The van der Waals surface area contributed by atoms with Gasteiger partial charge in [-0.05, 0) is 52.2 Å². The molecule has 2 rings (SSSR count). The lowest BCUT2D eigenvalue weighted by Gasteiger charge is -2.07. The van der Waals surface area contributed by atoms with Gasteiger partial charge < -0.3 is 14.9 Å². The second kappa shape index (κ2) is 7.15. The van der Waals surface area contributed by atoms with Gasteiger partial charge in [0.15, 0.2) is 11.5 Å². The molecule has 0 saturated heterocycles. The van der Waals surface area contributed by atoms with Crippen molar-refractivity contribution in [1.29, 1.82) is 0 Å². The lowest BCUT2D eigenvalue weighted by Crippen LogP contribution is -2.17. The third kappa shape index (κ3) is 3.81. The number of ether oxygens (including phenoxy) is 1. The van der Waals surface area contributed by atoms with Gasteiger partial charge in [-0.2, -0.15) is 5.10 Å². The highest BCUT2D eigenvalue weighted by Gasteiger charge is 2.11. The van der Waals surface area contributed by atoms with Gasteiger partial charge in [0.25, 0.3) is 5.91 Å². The molecule has 1 amide bonds. The van der Waals surface area contributed by atoms with Gasteiger partial charge in [0.05, 0.1) is 23.4 Å². The van der Waals surface area contributed by atoms with Crippen LogP contribution in [-0.4, -0.2) is 29.4 Å². The fourth-order valence-electron chi connectivity index (χ4n) is 1.89. The van der Waals surface area contributed by atoms with Crippen molar-refractivity contribution in [3.63, 3.8) is 0 Å². The number of para-hydroxylation sites is 1. The van der Waals surface area contributed by atoms with Gasteiger partial charge in [-0.15, -0.1) is 0 Å². The summed E-state index contributed by atoms with van der Waals surface area (Å²) in [4.78, 5) is 12.0. The summed E-state index contributed by atoms with van der Waals surface area (Å²) in [6, 6.07) is 8.08. The first-order chi connectivity index (χ1) is 10.9. The van der Waals surface area contributed by atoms with E-state index in [1.54, 1.807) is 31.2 Å². The van der Waals surface area contributed by atoms with Crippen LogP contribution in [0.5, 0.6) is 17.2 Å². The van der Waals surface area contributed by atoms with Crippen molar-refractivity contribution in [2.45, 2.75) is 6.92 Å². The highest BCUT2D eigenvalue weighted by Crippen LogP contribution is 2.34. The number of hydrazone groups is 1. The number of halogens is 1. The molecule has 0 unspecified atom stereocenters. The number of nitrogens with one attached hydrogen (secondary N) is 1. The third-order valence-corrected chi connectivity index (χ3v) is 3.74. The minimum atomic E-state index is -0.521. The van der Waals surface area contributed by atoms with Crippen LogP contribution in [0.3, 0.4) is 0 Å². The molecule has 0 aliphatic carbocycles. The summed E-state index contributed by atoms with van der Waals surface area (Å²) >= 11 is 3.20. The van der Waals surface area contributed by atoms with E-state index in [0.717, 1.165) is 0 Å². The van der Waals surface area contributed by atoms with Crippen LogP contribution < -0.4 is 10.2 Å². The molecule has 2 aromatic rings. The Morgan fingerprint density at radius 1 is 1.30 bits per heavy atom. The van der Waals surface area contributed by atoms with E-state index in [1.165, 1.54) is 19.4 Å². The number of aromatic hydroxyl groups is 2. The Hall–Kier alpha value is -2.54. The molecule has 0 aromatic heterocycles. The number of methoxy groups -OCH3 is 1. The zero-order valence-corrected chi connectivity index (χ0v) is 14.1. The number of carbonyl (C=O) groups excluding carboxylic acids is 1. The van der Waals surface area contributed by atoms with E-state index in [2.05, 4.69) is 26.5 Å². The molecule has 0 heterocycles. The molecule has 7 heteroatoms. The van der Waals surface area contributed by atoms with Gasteiger partial charge in [-0.1, -0.05) is 12.1 Å². The van der Waals surface area contributed by atoms with Crippen LogP contribution in [0.15, 0.2) is 39.9 Å². The zero-order valence-electron chi connectivity index (χ0n) is 12.5. The number of phenolic OH excluding ortho intramolecular Hbond substituents is 2. The second-order valence-corrected chi connectivity index (χ2v) is 5.58. The monoisotopic (exact) mass is 378 g/mol. The van der Waals surface area contributed by atoms with Gasteiger partial charge in [0, 0.05) is 0 Å². The van der Waals surface area contributed by atoms with Crippen molar-refractivity contribution in [2.24, 2.45) is 5.10 Å². The molecule has 0 atom stereocenters. The maximum Gasteiger partial charge on any atom is 0.275 e. The van der Waals surface area contributed by atoms with Crippen LogP contribution in [0.25, 0.3) is 0 Å². The fraction of sp³-hybridized carbons (Fsp3) is 0.125. The minimum absolute atomic E-state index is 0.0154. The first-order valence-corrected chi connectivity index (χ1v) is 7.41. The number of amides is 1. The number of rotatable bonds is 4. The van der Waals surface area contributed by atoms with Crippen molar-refractivity contribution in [3.05, 3.63) is 51.5 Å². The lowest BCUT2D eigenvalue weighted by molar-refractivity contribution is 0.0952. The van der Waals surface area contributed by atoms with Gasteiger partial charge in [0.2, 0.25) is 0 Å². The summed E-state index contributed by atoms with van der Waals surface area (Å²) in [5, 5.41) is 23.4. The van der Waals surface area contributed by atoms with Gasteiger partial charge >= 0.3 is 0 Å². The van der Waals surface area contributed by atoms with Crippen LogP contribution >= 0.6 is 15.9 Å². The van der Waals surface area contributed by atoms with Gasteiger partial charge in [0.1, 0.15) is 5.75 Å². The second-order valence-electron chi connectivity index (χ2n) is 4.72. The summed E-state index contributed by atoms with van der Waals surface area (Å²) in [5.41, 5.74) is 3.70. The smallest absolute Gasteiger partial charge is 0.275 e. The standard InChI is InChI=1S/C16H15BrN2O4/c1-9-4-3-5-11(14(9)20)16(22)19-18-8-10-6-12(17)15(21)13(7-10)23-2/h3-8,20-21H,1-2H3,(H,19,22)/b18-8+. The summed E-state index contributed by atoms with van der Waals surface area (Å²) in [5.74, 6) is -0.330. The highest BCUT2D eigenvalue weighted by atomic mass is 79.9. The van der Waals surface area contributed by atoms with E-state index in [0.29, 0.717) is 15.6 Å². The maximum atomic E-state index is 12.0. The quantitative estimate of drug-likeness (QED) is 0.563. The lowest BCUT2D eigenvalue weighted by atomic mass is 10.1. The molecular formula is C16H15BrN2O4. The van der Waals surface area contributed by atoms with E-state index in [1.807, 2.05) is 0 Å². The van der Waals surface area contributed by atoms with Crippen molar-refractivity contribution in [1.82, 2.24) is 5.43 Å². The summed E-state index contributed by atoms with van der Waals surface area (Å²) in [6.07, 6.45) is 1.40. The SMILES string of the molecule is COc1cc(/C=N/NC(=O)c2cccc(C)c2O)cc(Br)c1O. The topological polar surface area (TPSA) is 91.2 Å². The Kier molecular flexibility index (Phi) is 5.23. The molecular weight excluding hydrogens is 364 g/mol. The Morgan fingerprint density at radius 2 is 2.04 bits per heavy atom. The number of hydrogen-bond donors (Lipinski definition) is 3. The van der Waals surface area contributed by atoms with E-state index in [9.17, 15) is 15.0 Å². The van der Waals surface area contributed by atoms with E-state index >= 15 is 0 Å². The van der Waals surface area contributed by atoms with Gasteiger partial charge in [-0.25, -0.2) is 5.43 Å². The van der Waals surface area contributed by atoms with Crippen molar-refractivity contribution in [2.75, 3.05) is 7.11 Å². The molecule has 3 N–H and O–H groups in total. The van der Waals surface area contributed by atoms with Crippen molar-refractivity contribution < 1.29 is 19.7 Å². The molecule has 120 valence electrons. The molecule has 0 fully saturated rings. The predicted octanol–water partition coefficient (Wildman–Crippen LogP) is 2.94. The number of benzene rings is 2. The molecule has 2 aromatic carbocycles. The largest absolute Gasteiger partial charge is 0.507 e. The Bertz CT molecular complexity index is 775. The number of hydrogen-bond acceptors (Lipinski definition) is 5. The fourth-order valence-corrected chi connectivity index (χ4v) is 2.35. The molecule has 23 heavy (non-hydrogen) atoms. The summed E-state index contributed by atoms with van der Waals surface area (Å²) in [7, 11) is 1.44.